The van der Waals surface area contributed by atoms with Crippen LogP contribution in [0.1, 0.15) is 20.3 Å². The van der Waals surface area contributed by atoms with Crippen LogP contribution < -0.4 is 5.73 Å². The second kappa shape index (κ2) is 4.72. The largest absolute Gasteiger partial charge is 0.527 e. The van der Waals surface area contributed by atoms with E-state index in [0.29, 0.717) is 6.42 Å². The van der Waals surface area contributed by atoms with Crippen molar-refractivity contribution >= 4 is 13.8 Å². The Morgan fingerprint density at radius 2 is 2.00 bits per heavy atom. The van der Waals surface area contributed by atoms with E-state index in [1.165, 1.54) is 0 Å². The van der Waals surface area contributed by atoms with Crippen molar-refractivity contribution in [1.29, 1.82) is 0 Å². The standard InChI is InChI=1S/C6H14NO5P/c1-4(2)3-5(7)6(8)12-13(9,10)11/h4-5H,3,7H2,1-2H3,(H2,9,10,11). The van der Waals surface area contributed by atoms with E-state index in [1.54, 1.807) is 0 Å². The maximum absolute atomic E-state index is 10.9. The zero-order chi connectivity index (χ0) is 10.6. The molecule has 0 aliphatic heterocycles. The summed E-state index contributed by atoms with van der Waals surface area (Å²) < 4.78 is 14.0. The molecule has 7 heteroatoms. The molecule has 0 saturated carbocycles. The second-order valence-electron chi connectivity index (χ2n) is 3.14. The van der Waals surface area contributed by atoms with E-state index in [0.717, 1.165) is 0 Å². The fourth-order valence-corrected chi connectivity index (χ4v) is 1.16. The molecule has 0 heterocycles. The SMILES string of the molecule is CC(C)CC(N)C(=O)OP(=O)(O)O. The number of carbonyl (C=O) groups is 1. The molecular weight excluding hydrogens is 197 g/mol. The highest BCUT2D eigenvalue weighted by Crippen LogP contribution is 2.36. The van der Waals surface area contributed by atoms with Crippen LogP contribution in [0, 0.1) is 5.92 Å². The highest BCUT2D eigenvalue weighted by atomic mass is 31.2. The molecule has 0 aromatic heterocycles. The van der Waals surface area contributed by atoms with E-state index < -0.39 is 19.8 Å². The maximum atomic E-state index is 10.9. The van der Waals surface area contributed by atoms with Gasteiger partial charge in [-0.15, -0.1) is 0 Å². The summed E-state index contributed by atoms with van der Waals surface area (Å²) in [6.45, 7) is 3.68. The second-order valence-corrected chi connectivity index (χ2v) is 4.30. The molecule has 0 bridgehead atoms. The molecule has 0 rings (SSSR count). The third kappa shape index (κ3) is 6.72. The lowest BCUT2D eigenvalue weighted by atomic mass is 10.1. The van der Waals surface area contributed by atoms with Crippen molar-refractivity contribution in [3.63, 3.8) is 0 Å². The van der Waals surface area contributed by atoms with Crippen LogP contribution in [0.3, 0.4) is 0 Å². The van der Waals surface area contributed by atoms with Gasteiger partial charge in [0.2, 0.25) is 0 Å². The topological polar surface area (TPSA) is 110 Å². The molecular formula is C6H14NO5P. The molecule has 0 aromatic carbocycles. The Hall–Kier alpha value is -0.420. The van der Waals surface area contributed by atoms with Crippen molar-refractivity contribution in [3.05, 3.63) is 0 Å². The Labute approximate surface area is 76.3 Å². The highest BCUT2D eigenvalue weighted by molar-refractivity contribution is 7.46. The lowest BCUT2D eigenvalue weighted by Gasteiger charge is -2.13. The molecule has 1 atom stereocenters. The fraction of sp³-hybridized carbons (Fsp3) is 0.833. The van der Waals surface area contributed by atoms with Crippen molar-refractivity contribution in [1.82, 2.24) is 0 Å². The van der Waals surface area contributed by atoms with Gasteiger partial charge in [-0.05, 0) is 12.3 Å². The summed E-state index contributed by atoms with van der Waals surface area (Å²) in [4.78, 5) is 27.4. The van der Waals surface area contributed by atoms with E-state index in [4.69, 9.17) is 15.5 Å². The summed E-state index contributed by atoms with van der Waals surface area (Å²) in [5, 5.41) is 0. The van der Waals surface area contributed by atoms with Gasteiger partial charge in [-0.2, -0.15) is 0 Å². The first-order valence-electron chi connectivity index (χ1n) is 3.77. The summed E-state index contributed by atoms with van der Waals surface area (Å²) in [5.74, 6) is -0.902. The predicted molar refractivity (Wildman–Crippen MR) is 45.6 cm³/mol. The Morgan fingerprint density at radius 3 is 2.31 bits per heavy atom. The summed E-state index contributed by atoms with van der Waals surface area (Å²) in [5.41, 5.74) is 5.31. The van der Waals surface area contributed by atoms with Crippen molar-refractivity contribution in [2.75, 3.05) is 0 Å². The summed E-state index contributed by atoms with van der Waals surface area (Å²) >= 11 is 0. The van der Waals surface area contributed by atoms with Crippen LogP contribution in [-0.4, -0.2) is 21.8 Å². The van der Waals surface area contributed by atoms with E-state index in [1.807, 2.05) is 13.8 Å². The van der Waals surface area contributed by atoms with Crippen LogP contribution in [-0.2, 0) is 13.9 Å². The monoisotopic (exact) mass is 211 g/mol. The van der Waals surface area contributed by atoms with Gasteiger partial charge in [0.15, 0.2) is 0 Å². The van der Waals surface area contributed by atoms with Crippen LogP contribution >= 0.6 is 7.82 Å². The number of nitrogens with two attached hydrogens (primary N) is 1. The van der Waals surface area contributed by atoms with E-state index >= 15 is 0 Å². The molecule has 13 heavy (non-hydrogen) atoms. The van der Waals surface area contributed by atoms with E-state index in [-0.39, 0.29) is 5.92 Å². The third-order valence-corrected chi connectivity index (χ3v) is 1.65. The summed E-state index contributed by atoms with van der Waals surface area (Å²) in [6, 6.07) is -0.979. The zero-order valence-corrected chi connectivity index (χ0v) is 8.40. The average molecular weight is 211 g/mol. The number of carbonyl (C=O) groups excluding carboxylic acids is 1. The molecule has 6 nitrogen and oxygen atoms in total. The molecule has 0 amide bonds. The van der Waals surface area contributed by atoms with E-state index in [2.05, 4.69) is 4.52 Å². The van der Waals surface area contributed by atoms with Gasteiger partial charge in [0.1, 0.15) is 6.04 Å². The van der Waals surface area contributed by atoms with Gasteiger partial charge in [-0.3, -0.25) is 9.79 Å². The van der Waals surface area contributed by atoms with E-state index in [9.17, 15) is 9.36 Å². The number of phosphoric ester groups is 1. The maximum Gasteiger partial charge on any atom is 0.527 e. The first-order chi connectivity index (χ1) is 5.72. The van der Waals surface area contributed by atoms with Gasteiger partial charge in [0.25, 0.3) is 0 Å². The van der Waals surface area contributed by atoms with Gasteiger partial charge in [0, 0.05) is 0 Å². The predicted octanol–water partition coefficient (Wildman–Crippen LogP) is -0.00430. The van der Waals surface area contributed by atoms with Crippen molar-refractivity contribution in [2.24, 2.45) is 11.7 Å². The lowest BCUT2D eigenvalue weighted by molar-refractivity contribution is -0.137. The normalized spacial score (nSPS) is 14.3. The molecule has 0 saturated heterocycles. The van der Waals surface area contributed by atoms with Gasteiger partial charge < -0.3 is 10.3 Å². The highest BCUT2D eigenvalue weighted by Gasteiger charge is 2.25. The number of rotatable bonds is 4. The molecule has 78 valence electrons. The van der Waals surface area contributed by atoms with Crippen molar-refractivity contribution < 1.29 is 23.7 Å². The average Bonchev–Trinajstić information content (AvgIpc) is 1.81. The number of hydrogen-bond acceptors (Lipinski definition) is 4. The summed E-state index contributed by atoms with van der Waals surface area (Å²) in [7, 11) is -4.75. The molecule has 0 aromatic rings. The van der Waals surface area contributed by atoms with Gasteiger partial charge in [0.05, 0.1) is 0 Å². The summed E-state index contributed by atoms with van der Waals surface area (Å²) in [6.07, 6.45) is 0.332. The smallest absolute Gasteiger partial charge is 0.369 e. The van der Waals surface area contributed by atoms with Crippen LogP contribution in [0.4, 0.5) is 0 Å². The van der Waals surface area contributed by atoms with Crippen LogP contribution in [0.2, 0.25) is 0 Å². The molecule has 0 fully saturated rings. The van der Waals surface area contributed by atoms with Gasteiger partial charge in [-0.1, -0.05) is 13.8 Å². The van der Waals surface area contributed by atoms with Crippen molar-refractivity contribution in [2.45, 2.75) is 26.3 Å². The third-order valence-electron chi connectivity index (χ3n) is 1.24. The molecule has 4 N–H and O–H groups in total. The lowest BCUT2D eigenvalue weighted by Crippen LogP contribution is -2.32. The van der Waals surface area contributed by atoms with Crippen LogP contribution in [0.25, 0.3) is 0 Å². The zero-order valence-electron chi connectivity index (χ0n) is 7.51. The minimum Gasteiger partial charge on any atom is -0.369 e. The first kappa shape index (κ1) is 12.6. The van der Waals surface area contributed by atoms with Crippen LogP contribution in [0.5, 0.6) is 0 Å². The Morgan fingerprint density at radius 1 is 1.54 bits per heavy atom. The first-order valence-corrected chi connectivity index (χ1v) is 5.30. The van der Waals surface area contributed by atoms with Gasteiger partial charge >= 0.3 is 13.8 Å². The number of phosphoric acid groups is 1. The Balaban J connectivity index is 4.05. The molecule has 0 aliphatic carbocycles. The minimum absolute atomic E-state index is 0.166. The number of hydrogen-bond donors (Lipinski definition) is 3. The molecule has 0 aliphatic rings. The van der Waals surface area contributed by atoms with Crippen LogP contribution in [0.15, 0.2) is 0 Å². The molecule has 0 radical (unpaired) electrons. The Bertz CT molecular complexity index is 223. The van der Waals surface area contributed by atoms with Gasteiger partial charge in [-0.25, -0.2) is 9.36 Å². The Kier molecular flexibility index (Phi) is 4.56. The molecule has 1 unspecified atom stereocenters. The molecule has 0 spiro atoms. The fourth-order valence-electron chi connectivity index (χ4n) is 0.789. The minimum atomic E-state index is -4.75. The van der Waals surface area contributed by atoms with Crippen molar-refractivity contribution in [3.8, 4) is 0 Å². The quantitative estimate of drug-likeness (QED) is 0.564.